The standard InChI is InChI=1S/C42H28NOPS/c44-45(32-14-6-2-7-15-32,33-16-8-3-9-17-33)34-22-25-42-38(28-34)37-27-30(21-24-41(37)46-42)29-20-23-40-36(26-29)35-18-10-11-19-39(35)43(40)31-12-4-1-5-13-31/h1-28H. The van der Waals surface area contributed by atoms with Gasteiger partial charge < -0.3 is 9.13 Å². The molecule has 4 heteroatoms. The zero-order valence-corrected chi connectivity index (χ0v) is 26.6. The number of para-hydroxylation sites is 2. The van der Waals surface area contributed by atoms with Crippen molar-refractivity contribution in [2.24, 2.45) is 0 Å². The van der Waals surface area contributed by atoms with Gasteiger partial charge in [0.2, 0.25) is 0 Å². The molecule has 0 unspecified atom stereocenters. The van der Waals surface area contributed by atoms with E-state index in [1.807, 2.05) is 60.7 Å². The van der Waals surface area contributed by atoms with E-state index in [9.17, 15) is 0 Å². The van der Waals surface area contributed by atoms with Gasteiger partial charge in [-0.15, -0.1) is 11.3 Å². The summed E-state index contributed by atoms with van der Waals surface area (Å²) in [6.07, 6.45) is 0. The number of rotatable bonds is 5. The van der Waals surface area contributed by atoms with Gasteiger partial charge in [0.05, 0.1) is 11.0 Å². The third-order valence-corrected chi connectivity index (χ3v) is 13.3. The summed E-state index contributed by atoms with van der Waals surface area (Å²) in [5, 5.41) is 7.38. The lowest BCUT2D eigenvalue weighted by Gasteiger charge is -2.20. The van der Waals surface area contributed by atoms with Crippen molar-refractivity contribution in [3.8, 4) is 16.8 Å². The lowest BCUT2D eigenvalue weighted by molar-refractivity contribution is 0.592. The highest BCUT2D eigenvalue weighted by Crippen LogP contribution is 2.45. The van der Waals surface area contributed by atoms with Crippen LogP contribution in [-0.4, -0.2) is 4.57 Å². The van der Waals surface area contributed by atoms with Crippen LogP contribution in [0.2, 0.25) is 0 Å². The molecule has 46 heavy (non-hydrogen) atoms. The van der Waals surface area contributed by atoms with Crippen LogP contribution < -0.4 is 15.9 Å². The summed E-state index contributed by atoms with van der Waals surface area (Å²) >= 11 is 1.79. The molecular formula is C42H28NOPS. The highest BCUT2D eigenvalue weighted by Gasteiger charge is 2.30. The Morgan fingerprint density at radius 2 is 0.935 bits per heavy atom. The Hall–Kier alpha value is -5.21. The SMILES string of the molecule is O=P(c1ccccc1)(c1ccccc1)c1ccc2sc3ccc(-c4ccc5c(c4)c4ccccc4n5-c4ccccc4)cc3c2c1. The predicted molar refractivity (Wildman–Crippen MR) is 198 cm³/mol. The Balaban J connectivity index is 1.22. The van der Waals surface area contributed by atoms with Crippen molar-refractivity contribution < 1.29 is 4.57 Å². The van der Waals surface area contributed by atoms with Gasteiger partial charge in [-0.3, -0.25) is 0 Å². The smallest absolute Gasteiger partial charge is 0.171 e. The van der Waals surface area contributed by atoms with Crippen molar-refractivity contribution in [2.45, 2.75) is 0 Å². The van der Waals surface area contributed by atoms with Gasteiger partial charge in [0.1, 0.15) is 0 Å². The number of hydrogen-bond acceptors (Lipinski definition) is 2. The summed E-state index contributed by atoms with van der Waals surface area (Å²) in [5.41, 5.74) is 5.91. The van der Waals surface area contributed by atoms with Crippen LogP contribution in [-0.2, 0) is 4.57 Å². The van der Waals surface area contributed by atoms with Crippen molar-refractivity contribution in [1.29, 1.82) is 0 Å². The van der Waals surface area contributed by atoms with Crippen molar-refractivity contribution >= 4 is 76.4 Å². The molecule has 0 aliphatic rings. The van der Waals surface area contributed by atoms with Crippen LogP contribution in [0.3, 0.4) is 0 Å². The highest BCUT2D eigenvalue weighted by molar-refractivity contribution is 7.85. The summed E-state index contributed by atoms with van der Waals surface area (Å²) in [6.45, 7) is 0. The van der Waals surface area contributed by atoms with E-state index in [-0.39, 0.29) is 0 Å². The molecule has 9 aromatic rings. The second-order valence-corrected chi connectivity index (χ2v) is 15.5. The third-order valence-electron chi connectivity index (χ3n) is 9.08. The minimum absolute atomic E-state index is 0.851. The number of fused-ring (bicyclic) bond motifs is 6. The van der Waals surface area contributed by atoms with E-state index < -0.39 is 7.14 Å². The van der Waals surface area contributed by atoms with Gasteiger partial charge in [-0.2, -0.15) is 0 Å². The van der Waals surface area contributed by atoms with E-state index in [1.165, 1.54) is 47.7 Å². The largest absolute Gasteiger partial charge is 0.309 e. The summed E-state index contributed by atoms with van der Waals surface area (Å²) in [4.78, 5) is 0. The molecule has 0 saturated carbocycles. The molecule has 9 rings (SSSR count). The molecule has 2 aromatic heterocycles. The molecule has 2 heterocycles. The Morgan fingerprint density at radius 1 is 0.413 bits per heavy atom. The molecule has 0 aliphatic heterocycles. The molecular weight excluding hydrogens is 598 g/mol. The second-order valence-electron chi connectivity index (χ2n) is 11.7. The van der Waals surface area contributed by atoms with Gasteiger partial charge >= 0.3 is 0 Å². The average molecular weight is 626 g/mol. The first kappa shape index (κ1) is 27.1. The minimum atomic E-state index is -3.08. The van der Waals surface area contributed by atoms with Crippen LogP contribution in [0.4, 0.5) is 0 Å². The number of hydrogen-bond donors (Lipinski definition) is 0. The van der Waals surface area contributed by atoms with Gasteiger partial charge in [-0.05, 0) is 71.8 Å². The van der Waals surface area contributed by atoms with Crippen molar-refractivity contribution in [3.05, 3.63) is 170 Å². The van der Waals surface area contributed by atoms with E-state index in [1.54, 1.807) is 11.3 Å². The van der Waals surface area contributed by atoms with Crippen molar-refractivity contribution in [1.82, 2.24) is 4.57 Å². The first-order chi connectivity index (χ1) is 22.7. The summed E-state index contributed by atoms with van der Waals surface area (Å²) in [5.74, 6) is 0. The van der Waals surface area contributed by atoms with Crippen molar-refractivity contribution in [3.63, 3.8) is 0 Å². The van der Waals surface area contributed by atoms with Gasteiger partial charge in [-0.25, -0.2) is 0 Å². The fraction of sp³-hybridized carbons (Fsp3) is 0. The van der Waals surface area contributed by atoms with E-state index in [0.717, 1.165) is 27.0 Å². The van der Waals surface area contributed by atoms with E-state index in [4.69, 9.17) is 0 Å². The van der Waals surface area contributed by atoms with E-state index in [0.29, 0.717) is 0 Å². The summed E-state index contributed by atoms with van der Waals surface area (Å²) in [7, 11) is -3.08. The maximum absolute atomic E-state index is 15.1. The molecule has 0 amide bonds. The second kappa shape index (κ2) is 10.7. The third kappa shape index (κ3) is 4.20. The first-order valence-corrected chi connectivity index (χ1v) is 18.0. The van der Waals surface area contributed by atoms with E-state index in [2.05, 4.69) is 114 Å². The van der Waals surface area contributed by atoms with Crippen molar-refractivity contribution in [2.75, 3.05) is 0 Å². The molecule has 0 aliphatic carbocycles. The maximum atomic E-state index is 15.1. The van der Waals surface area contributed by atoms with E-state index >= 15 is 4.57 Å². The summed E-state index contributed by atoms with van der Waals surface area (Å²) in [6, 6.07) is 59.0. The molecule has 218 valence electrons. The number of nitrogens with zero attached hydrogens (tertiary/aromatic N) is 1. The quantitative estimate of drug-likeness (QED) is 0.175. The summed E-state index contributed by atoms with van der Waals surface area (Å²) < 4.78 is 19.9. The molecule has 0 N–H and O–H groups in total. The lowest BCUT2D eigenvalue weighted by atomic mass is 10.0. The Morgan fingerprint density at radius 3 is 1.63 bits per heavy atom. The molecule has 0 bridgehead atoms. The normalized spacial score (nSPS) is 12.0. The van der Waals surface area contributed by atoms with Crippen LogP contribution >= 0.6 is 18.5 Å². The Labute approximate surface area is 271 Å². The van der Waals surface area contributed by atoms with Crippen LogP contribution in [0.5, 0.6) is 0 Å². The highest BCUT2D eigenvalue weighted by atomic mass is 32.1. The fourth-order valence-electron chi connectivity index (χ4n) is 6.87. The monoisotopic (exact) mass is 625 g/mol. The predicted octanol–water partition coefficient (Wildman–Crippen LogP) is 10.5. The van der Waals surface area contributed by atoms with Crippen LogP contribution in [0.25, 0.3) is 58.8 Å². The molecule has 7 aromatic carbocycles. The first-order valence-electron chi connectivity index (χ1n) is 15.5. The average Bonchev–Trinajstić information content (AvgIpc) is 3.67. The number of benzene rings is 7. The topological polar surface area (TPSA) is 22.0 Å². The zero-order valence-electron chi connectivity index (χ0n) is 24.9. The molecule has 0 saturated heterocycles. The minimum Gasteiger partial charge on any atom is -0.309 e. The van der Waals surface area contributed by atoms with Gasteiger partial charge in [0, 0.05) is 52.5 Å². The van der Waals surface area contributed by atoms with Crippen LogP contribution in [0.1, 0.15) is 0 Å². The van der Waals surface area contributed by atoms with Crippen LogP contribution in [0, 0.1) is 0 Å². The van der Waals surface area contributed by atoms with Crippen LogP contribution in [0.15, 0.2) is 170 Å². The maximum Gasteiger partial charge on any atom is 0.171 e. The molecule has 0 radical (unpaired) electrons. The van der Waals surface area contributed by atoms with Gasteiger partial charge in [-0.1, -0.05) is 109 Å². The van der Waals surface area contributed by atoms with Gasteiger partial charge in [0.25, 0.3) is 0 Å². The lowest BCUT2D eigenvalue weighted by Crippen LogP contribution is -2.24. The molecule has 0 spiro atoms. The number of thiophene rings is 1. The molecule has 0 fully saturated rings. The number of aromatic nitrogens is 1. The molecule has 2 nitrogen and oxygen atoms in total. The Kier molecular flexibility index (Phi) is 6.31. The van der Waals surface area contributed by atoms with Gasteiger partial charge in [0.15, 0.2) is 7.14 Å². The molecule has 0 atom stereocenters. The Bertz CT molecular complexity index is 2560. The zero-order chi connectivity index (χ0) is 30.7. The fourth-order valence-corrected chi connectivity index (χ4v) is 10.6.